The van der Waals surface area contributed by atoms with Crippen LogP contribution >= 0.6 is 15.9 Å². The molecule has 142 valence electrons. The molecule has 0 amide bonds. The Balaban J connectivity index is 1.81. The average molecular weight is 455 g/mol. The Labute approximate surface area is 173 Å². The van der Waals surface area contributed by atoms with E-state index in [0.29, 0.717) is 6.42 Å². The van der Waals surface area contributed by atoms with Crippen LogP contribution < -0.4 is 0 Å². The molecular weight excluding hydrogens is 436 g/mol. The smallest absolute Gasteiger partial charge is 0.200 e. The van der Waals surface area contributed by atoms with Gasteiger partial charge in [0.25, 0.3) is 10.0 Å². The van der Waals surface area contributed by atoms with E-state index in [0.717, 1.165) is 26.9 Å². The average Bonchev–Trinajstić information content (AvgIpc) is 3.15. The van der Waals surface area contributed by atoms with E-state index in [1.807, 2.05) is 61.5 Å². The fourth-order valence-electron chi connectivity index (χ4n) is 3.30. The van der Waals surface area contributed by atoms with Crippen molar-refractivity contribution >= 4 is 31.7 Å². The number of nitrogens with zero attached hydrogens (tertiary/aromatic N) is 2. The molecule has 0 N–H and O–H groups in total. The predicted octanol–water partition coefficient (Wildman–Crippen LogP) is 5.30. The van der Waals surface area contributed by atoms with Crippen LogP contribution in [0.25, 0.3) is 0 Å². The monoisotopic (exact) mass is 454 g/mol. The van der Waals surface area contributed by atoms with Crippen LogP contribution in [0.4, 0.5) is 0 Å². The summed E-state index contributed by atoms with van der Waals surface area (Å²) in [5, 5.41) is 4.56. The summed E-state index contributed by atoms with van der Waals surface area (Å²) in [5.41, 5.74) is 3.61. The number of halogens is 1. The standard InChI is InChI=1S/C22H19BrN2O2S/c1-16-10-12-20(13-11-16)28(26,27)25-22(18-8-5-9-19(23)14-18)15-21(24-25)17-6-3-2-4-7-17/h2-14,22H,15H2,1H3/t22-/m1/s1. The van der Waals surface area contributed by atoms with Crippen LogP contribution in [0.1, 0.15) is 29.2 Å². The van der Waals surface area contributed by atoms with Crippen molar-refractivity contribution in [2.75, 3.05) is 0 Å². The minimum absolute atomic E-state index is 0.246. The van der Waals surface area contributed by atoms with Crippen molar-refractivity contribution in [2.24, 2.45) is 5.10 Å². The molecule has 0 radical (unpaired) electrons. The van der Waals surface area contributed by atoms with Crippen molar-refractivity contribution in [2.45, 2.75) is 24.3 Å². The van der Waals surface area contributed by atoms with Gasteiger partial charge in [0.1, 0.15) is 0 Å². The molecule has 0 fully saturated rings. The summed E-state index contributed by atoms with van der Waals surface area (Å²) in [6.07, 6.45) is 0.519. The van der Waals surface area contributed by atoms with Crippen LogP contribution in [0, 0.1) is 6.92 Å². The Morgan fingerprint density at radius 1 is 0.964 bits per heavy atom. The zero-order chi connectivity index (χ0) is 19.7. The third kappa shape index (κ3) is 3.62. The summed E-state index contributed by atoms with van der Waals surface area (Å²) in [4.78, 5) is 0.246. The van der Waals surface area contributed by atoms with E-state index in [-0.39, 0.29) is 10.9 Å². The van der Waals surface area contributed by atoms with E-state index in [2.05, 4.69) is 21.0 Å². The number of hydrazone groups is 1. The van der Waals surface area contributed by atoms with Gasteiger partial charge in [0, 0.05) is 10.9 Å². The van der Waals surface area contributed by atoms with Crippen molar-refractivity contribution in [3.05, 3.63) is 100 Å². The molecule has 3 aromatic carbocycles. The van der Waals surface area contributed by atoms with Gasteiger partial charge in [-0.05, 0) is 42.3 Å². The summed E-state index contributed by atoms with van der Waals surface area (Å²) in [5.74, 6) is 0. The Morgan fingerprint density at radius 3 is 2.36 bits per heavy atom. The molecule has 0 aliphatic carbocycles. The minimum Gasteiger partial charge on any atom is -0.200 e. The molecule has 4 nitrogen and oxygen atoms in total. The second kappa shape index (κ2) is 7.53. The fraction of sp³-hybridized carbons (Fsp3) is 0.136. The molecule has 1 heterocycles. The summed E-state index contributed by atoms with van der Waals surface area (Å²) in [6, 6.07) is 23.9. The van der Waals surface area contributed by atoms with Crippen molar-refractivity contribution in [3.63, 3.8) is 0 Å². The molecule has 4 rings (SSSR count). The first-order chi connectivity index (χ1) is 13.4. The maximum absolute atomic E-state index is 13.4. The Bertz CT molecular complexity index is 1130. The maximum atomic E-state index is 13.4. The first kappa shape index (κ1) is 18.9. The molecule has 6 heteroatoms. The van der Waals surface area contributed by atoms with E-state index < -0.39 is 10.0 Å². The molecule has 0 saturated carbocycles. The highest BCUT2D eigenvalue weighted by Gasteiger charge is 2.37. The molecule has 1 aliphatic rings. The molecule has 0 saturated heterocycles. The van der Waals surface area contributed by atoms with Crippen molar-refractivity contribution in [1.82, 2.24) is 4.41 Å². The lowest BCUT2D eigenvalue weighted by atomic mass is 9.99. The van der Waals surface area contributed by atoms with Crippen LogP contribution in [0.5, 0.6) is 0 Å². The predicted molar refractivity (Wildman–Crippen MR) is 115 cm³/mol. The van der Waals surface area contributed by atoms with Gasteiger partial charge in [-0.3, -0.25) is 0 Å². The Hall–Kier alpha value is -2.44. The van der Waals surface area contributed by atoms with Gasteiger partial charge in [0.15, 0.2) is 0 Å². The lowest BCUT2D eigenvalue weighted by Crippen LogP contribution is -2.27. The zero-order valence-electron chi connectivity index (χ0n) is 15.3. The second-order valence-electron chi connectivity index (χ2n) is 6.78. The highest BCUT2D eigenvalue weighted by atomic mass is 79.9. The minimum atomic E-state index is -3.78. The van der Waals surface area contributed by atoms with Crippen molar-refractivity contribution < 1.29 is 8.42 Å². The van der Waals surface area contributed by atoms with E-state index in [1.165, 1.54) is 4.41 Å². The molecular formula is C22H19BrN2O2S. The second-order valence-corrected chi connectivity index (χ2v) is 9.49. The lowest BCUT2D eigenvalue weighted by Gasteiger charge is -2.23. The lowest BCUT2D eigenvalue weighted by molar-refractivity contribution is 0.371. The third-order valence-electron chi connectivity index (χ3n) is 4.78. The van der Waals surface area contributed by atoms with Crippen LogP contribution in [0.15, 0.2) is 93.3 Å². The van der Waals surface area contributed by atoms with E-state index in [4.69, 9.17) is 0 Å². The van der Waals surface area contributed by atoms with Gasteiger partial charge in [0.05, 0.1) is 16.6 Å². The number of hydrogen-bond donors (Lipinski definition) is 0. The van der Waals surface area contributed by atoms with Gasteiger partial charge in [-0.25, -0.2) is 0 Å². The van der Waals surface area contributed by atoms with E-state index in [1.54, 1.807) is 24.3 Å². The largest absolute Gasteiger partial charge is 0.279 e. The number of sulfonamides is 1. The quantitative estimate of drug-likeness (QED) is 0.536. The highest BCUT2D eigenvalue weighted by molar-refractivity contribution is 9.10. The fourth-order valence-corrected chi connectivity index (χ4v) is 5.15. The third-order valence-corrected chi connectivity index (χ3v) is 6.97. The van der Waals surface area contributed by atoms with Gasteiger partial charge >= 0.3 is 0 Å². The van der Waals surface area contributed by atoms with E-state index >= 15 is 0 Å². The van der Waals surface area contributed by atoms with Crippen LogP contribution in [-0.2, 0) is 10.0 Å². The summed E-state index contributed by atoms with van der Waals surface area (Å²) in [7, 11) is -3.78. The van der Waals surface area contributed by atoms with E-state index in [9.17, 15) is 8.42 Å². The maximum Gasteiger partial charge on any atom is 0.279 e. The van der Waals surface area contributed by atoms with Gasteiger partial charge in [-0.2, -0.15) is 17.9 Å². The van der Waals surface area contributed by atoms with Crippen LogP contribution in [-0.4, -0.2) is 18.5 Å². The molecule has 0 spiro atoms. The number of hydrogen-bond acceptors (Lipinski definition) is 3. The van der Waals surface area contributed by atoms with Gasteiger partial charge in [-0.15, -0.1) is 0 Å². The number of benzene rings is 3. The zero-order valence-corrected chi connectivity index (χ0v) is 17.7. The summed E-state index contributed by atoms with van der Waals surface area (Å²) >= 11 is 3.49. The first-order valence-electron chi connectivity index (χ1n) is 8.94. The van der Waals surface area contributed by atoms with Gasteiger partial charge in [-0.1, -0.05) is 76.1 Å². The van der Waals surface area contributed by atoms with Crippen molar-refractivity contribution in [3.8, 4) is 0 Å². The van der Waals surface area contributed by atoms with Gasteiger partial charge < -0.3 is 0 Å². The van der Waals surface area contributed by atoms with Gasteiger partial charge in [0.2, 0.25) is 0 Å². The molecule has 28 heavy (non-hydrogen) atoms. The highest BCUT2D eigenvalue weighted by Crippen LogP contribution is 2.37. The van der Waals surface area contributed by atoms with Crippen molar-refractivity contribution in [1.29, 1.82) is 0 Å². The first-order valence-corrected chi connectivity index (χ1v) is 11.2. The molecule has 3 aromatic rings. The number of rotatable bonds is 4. The topological polar surface area (TPSA) is 49.7 Å². The number of aryl methyl sites for hydroxylation is 1. The summed E-state index contributed by atoms with van der Waals surface area (Å²) < 4.78 is 29.0. The SMILES string of the molecule is Cc1ccc(S(=O)(=O)N2N=C(c3ccccc3)C[C@@H]2c2cccc(Br)c2)cc1. The molecule has 1 atom stereocenters. The molecule has 0 aromatic heterocycles. The molecule has 0 unspecified atom stereocenters. The Morgan fingerprint density at radius 2 is 1.68 bits per heavy atom. The Kier molecular flexibility index (Phi) is 5.08. The normalized spacial score (nSPS) is 16.9. The molecule has 0 bridgehead atoms. The summed E-state index contributed by atoms with van der Waals surface area (Å²) in [6.45, 7) is 1.93. The van der Waals surface area contributed by atoms with Crippen LogP contribution in [0.3, 0.4) is 0 Å². The van der Waals surface area contributed by atoms with Crippen LogP contribution in [0.2, 0.25) is 0 Å². The molecule has 1 aliphatic heterocycles.